The van der Waals surface area contributed by atoms with E-state index < -0.39 is 26.0 Å². The molecule has 2 N–H and O–H groups in total. The molecular formula is C21H29N3O5S2. The summed E-state index contributed by atoms with van der Waals surface area (Å²) in [5, 5.41) is 2.73. The van der Waals surface area contributed by atoms with Crippen LogP contribution in [-0.2, 0) is 26.6 Å². The van der Waals surface area contributed by atoms with E-state index in [0.29, 0.717) is 16.7 Å². The van der Waals surface area contributed by atoms with E-state index in [1.165, 1.54) is 32.3 Å². The first kappa shape index (κ1) is 25.0. The Hall–Kier alpha value is -2.27. The zero-order chi connectivity index (χ0) is 23.6. The molecule has 0 heterocycles. The van der Waals surface area contributed by atoms with Crippen molar-refractivity contribution in [3.8, 4) is 0 Å². The van der Waals surface area contributed by atoms with Crippen LogP contribution in [0.25, 0.3) is 0 Å². The minimum absolute atomic E-state index is 0.0792. The molecule has 0 saturated heterocycles. The molecule has 0 saturated carbocycles. The predicted molar refractivity (Wildman–Crippen MR) is 120 cm³/mol. The predicted octanol–water partition coefficient (Wildman–Crippen LogP) is 2.17. The van der Waals surface area contributed by atoms with Crippen LogP contribution < -0.4 is 10.0 Å². The molecule has 0 aliphatic rings. The van der Waals surface area contributed by atoms with Crippen LogP contribution in [0.3, 0.4) is 0 Å². The van der Waals surface area contributed by atoms with Crippen molar-refractivity contribution in [1.82, 2.24) is 14.3 Å². The summed E-state index contributed by atoms with van der Waals surface area (Å²) in [5.41, 5.74) is 2.08. The van der Waals surface area contributed by atoms with Gasteiger partial charge in [-0.05, 0) is 68.7 Å². The van der Waals surface area contributed by atoms with Crippen molar-refractivity contribution < 1.29 is 21.6 Å². The van der Waals surface area contributed by atoms with Gasteiger partial charge in [0, 0.05) is 32.2 Å². The van der Waals surface area contributed by atoms with Crippen LogP contribution in [0, 0.1) is 13.8 Å². The summed E-state index contributed by atoms with van der Waals surface area (Å²) in [5.74, 6) is -0.452. The third-order valence-electron chi connectivity index (χ3n) is 4.69. The number of carbonyl (C=O) groups is 1. The van der Waals surface area contributed by atoms with E-state index in [-0.39, 0.29) is 27.9 Å². The average Bonchev–Trinajstić information content (AvgIpc) is 2.67. The summed E-state index contributed by atoms with van der Waals surface area (Å²) in [6.45, 7) is 7.00. The van der Waals surface area contributed by atoms with Gasteiger partial charge < -0.3 is 5.32 Å². The molecule has 10 heteroatoms. The van der Waals surface area contributed by atoms with Gasteiger partial charge in [-0.25, -0.2) is 25.9 Å². The molecule has 0 radical (unpaired) electrons. The van der Waals surface area contributed by atoms with Crippen LogP contribution in [0.15, 0.2) is 46.2 Å². The van der Waals surface area contributed by atoms with Gasteiger partial charge in [0.05, 0.1) is 9.79 Å². The van der Waals surface area contributed by atoms with E-state index in [1.54, 1.807) is 45.9 Å². The van der Waals surface area contributed by atoms with Crippen LogP contribution in [0.5, 0.6) is 0 Å². The first-order valence-corrected chi connectivity index (χ1v) is 12.6. The second kappa shape index (κ2) is 9.47. The molecule has 0 unspecified atom stereocenters. The number of nitrogens with zero attached hydrogens (tertiary/aromatic N) is 1. The highest BCUT2D eigenvalue weighted by Crippen LogP contribution is 2.23. The van der Waals surface area contributed by atoms with E-state index in [9.17, 15) is 21.6 Å². The Morgan fingerprint density at radius 3 is 2.26 bits per heavy atom. The summed E-state index contributed by atoms with van der Waals surface area (Å²) in [6.07, 6.45) is 0. The fourth-order valence-electron chi connectivity index (χ4n) is 2.91. The maximum atomic E-state index is 12.7. The third kappa shape index (κ3) is 5.91. The first-order chi connectivity index (χ1) is 14.3. The minimum Gasteiger partial charge on any atom is -0.348 e. The van der Waals surface area contributed by atoms with Gasteiger partial charge in [-0.2, -0.15) is 0 Å². The lowest BCUT2D eigenvalue weighted by Gasteiger charge is -2.16. The lowest BCUT2D eigenvalue weighted by molar-refractivity contribution is 0.0950. The summed E-state index contributed by atoms with van der Waals surface area (Å²) in [7, 11) is -4.48. The molecule has 0 atom stereocenters. The SMILES string of the molecule is Cc1cc(C(=O)NCc2cccc(S(=O)(=O)NC(C)C)c2)cc(S(=O)(=O)N(C)C)c1C. The zero-order valence-electron chi connectivity index (χ0n) is 18.6. The first-order valence-electron chi connectivity index (χ1n) is 9.69. The zero-order valence-corrected chi connectivity index (χ0v) is 20.2. The molecule has 1 amide bonds. The number of benzene rings is 2. The van der Waals surface area contributed by atoms with E-state index in [1.807, 2.05) is 0 Å². The van der Waals surface area contributed by atoms with Crippen molar-refractivity contribution in [3.63, 3.8) is 0 Å². The van der Waals surface area contributed by atoms with Crippen LogP contribution in [-0.4, -0.2) is 47.2 Å². The molecule has 0 aliphatic carbocycles. The Labute approximate surface area is 184 Å². The summed E-state index contributed by atoms with van der Waals surface area (Å²) >= 11 is 0. The van der Waals surface area contributed by atoms with Crippen molar-refractivity contribution in [3.05, 3.63) is 58.7 Å². The Morgan fingerprint density at radius 1 is 1.03 bits per heavy atom. The second-order valence-electron chi connectivity index (χ2n) is 7.81. The van der Waals surface area contributed by atoms with Crippen LogP contribution >= 0.6 is 0 Å². The molecule has 0 spiro atoms. The number of hydrogen-bond donors (Lipinski definition) is 2. The van der Waals surface area contributed by atoms with Gasteiger partial charge >= 0.3 is 0 Å². The highest BCUT2D eigenvalue weighted by Gasteiger charge is 2.23. The average molecular weight is 468 g/mol. The monoisotopic (exact) mass is 467 g/mol. The molecule has 0 fully saturated rings. The van der Waals surface area contributed by atoms with E-state index in [2.05, 4.69) is 10.0 Å². The minimum atomic E-state index is -3.71. The number of nitrogens with one attached hydrogen (secondary N) is 2. The third-order valence-corrected chi connectivity index (χ3v) is 8.29. The van der Waals surface area contributed by atoms with Gasteiger partial charge in [-0.3, -0.25) is 4.79 Å². The van der Waals surface area contributed by atoms with Crippen LogP contribution in [0.2, 0.25) is 0 Å². The highest BCUT2D eigenvalue weighted by molar-refractivity contribution is 7.89. The fraction of sp³-hybridized carbons (Fsp3) is 0.381. The van der Waals surface area contributed by atoms with Gasteiger partial charge in [0.15, 0.2) is 0 Å². The molecule has 8 nitrogen and oxygen atoms in total. The fourth-order valence-corrected chi connectivity index (χ4v) is 5.45. The smallest absolute Gasteiger partial charge is 0.251 e. The largest absolute Gasteiger partial charge is 0.348 e. The van der Waals surface area contributed by atoms with Gasteiger partial charge in [0.25, 0.3) is 5.91 Å². The Bertz CT molecular complexity index is 1190. The lowest BCUT2D eigenvalue weighted by atomic mass is 10.1. The quantitative estimate of drug-likeness (QED) is 0.618. The number of rotatable bonds is 8. The van der Waals surface area contributed by atoms with Crippen molar-refractivity contribution in [2.24, 2.45) is 0 Å². The van der Waals surface area contributed by atoms with Crippen molar-refractivity contribution in [2.75, 3.05) is 14.1 Å². The number of aryl methyl sites for hydroxylation is 1. The summed E-state index contributed by atoms with van der Waals surface area (Å²) in [4.78, 5) is 12.9. The normalized spacial score (nSPS) is 12.4. The molecule has 2 rings (SSSR count). The standard InChI is InChI=1S/C21H29N3O5S2/c1-14(2)23-30(26,27)19-9-7-8-17(11-19)13-22-21(25)18-10-15(3)16(4)20(12-18)31(28,29)24(5)6/h7-12,14,23H,13H2,1-6H3,(H,22,25). The topological polar surface area (TPSA) is 113 Å². The number of hydrogen-bond acceptors (Lipinski definition) is 5. The van der Waals surface area contributed by atoms with Crippen molar-refractivity contribution >= 4 is 26.0 Å². The van der Waals surface area contributed by atoms with Gasteiger partial charge in [-0.1, -0.05) is 12.1 Å². The van der Waals surface area contributed by atoms with Crippen molar-refractivity contribution in [1.29, 1.82) is 0 Å². The van der Waals surface area contributed by atoms with E-state index >= 15 is 0 Å². The maximum Gasteiger partial charge on any atom is 0.251 e. The summed E-state index contributed by atoms with van der Waals surface area (Å²) in [6, 6.07) is 9.04. The van der Waals surface area contributed by atoms with Gasteiger partial charge in [0.1, 0.15) is 0 Å². The molecule has 0 aliphatic heterocycles. The molecule has 2 aromatic rings. The molecule has 0 aromatic heterocycles. The molecule has 0 bridgehead atoms. The number of amides is 1. The van der Waals surface area contributed by atoms with Gasteiger partial charge in [0.2, 0.25) is 20.0 Å². The number of carbonyl (C=O) groups excluding carboxylic acids is 1. The van der Waals surface area contributed by atoms with Crippen LogP contribution in [0.4, 0.5) is 0 Å². The van der Waals surface area contributed by atoms with E-state index in [4.69, 9.17) is 0 Å². The molecular weight excluding hydrogens is 438 g/mol. The lowest BCUT2D eigenvalue weighted by Crippen LogP contribution is -2.30. The Balaban J connectivity index is 2.26. The molecule has 170 valence electrons. The van der Waals surface area contributed by atoms with E-state index in [0.717, 1.165) is 4.31 Å². The highest BCUT2D eigenvalue weighted by atomic mass is 32.2. The maximum absolute atomic E-state index is 12.7. The molecule has 31 heavy (non-hydrogen) atoms. The number of sulfonamides is 2. The summed E-state index contributed by atoms with van der Waals surface area (Å²) < 4.78 is 53.5. The van der Waals surface area contributed by atoms with Gasteiger partial charge in [-0.15, -0.1) is 0 Å². The van der Waals surface area contributed by atoms with Crippen molar-refractivity contribution in [2.45, 2.75) is 50.1 Å². The Morgan fingerprint density at radius 2 is 1.68 bits per heavy atom. The van der Waals surface area contributed by atoms with Crippen LogP contribution in [0.1, 0.15) is 40.9 Å². The Kier molecular flexibility index (Phi) is 7.64. The second-order valence-corrected chi connectivity index (χ2v) is 11.6. The molecule has 2 aromatic carbocycles.